The van der Waals surface area contributed by atoms with Crippen LogP contribution in [0.15, 0.2) is 4.99 Å². The van der Waals surface area contributed by atoms with E-state index >= 15 is 0 Å². The number of nitrogens with zero attached hydrogens (tertiary/aromatic N) is 4. The molecule has 0 aliphatic carbocycles. The highest BCUT2D eigenvalue weighted by molar-refractivity contribution is 5.80. The van der Waals surface area contributed by atoms with Crippen molar-refractivity contribution in [3.63, 3.8) is 0 Å². The average Bonchev–Trinajstić information content (AvgIpc) is 2.75. The minimum Gasteiger partial charge on any atom is -0.376 e. The number of likely N-dealkylation sites (tertiary alicyclic amines) is 1. The highest BCUT2D eigenvalue weighted by Gasteiger charge is 2.32. The van der Waals surface area contributed by atoms with Gasteiger partial charge in [0.1, 0.15) is 0 Å². The number of piperazine rings is 3. The number of nitrogens with one attached hydrogen (secondary N) is 1. The van der Waals surface area contributed by atoms with Gasteiger partial charge in [-0.25, -0.2) is 0 Å². The second kappa shape index (κ2) is 9.54. The molecule has 0 aromatic rings. The van der Waals surface area contributed by atoms with Crippen LogP contribution >= 0.6 is 0 Å². The Hall–Kier alpha value is -0.890. The summed E-state index contributed by atoms with van der Waals surface area (Å²) in [6, 6.07) is 0.626. The van der Waals surface area contributed by atoms with Crippen LogP contribution in [0.4, 0.5) is 0 Å². The molecule has 0 aromatic carbocycles. The molecule has 0 radical (unpaired) electrons. The lowest BCUT2D eigenvalue weighted by Crippen LogP contribution is -2.64. The minimum atomic E-state index is 0.322. The molecule has 0 aromatic heterocycles. The van der Waals surface area contributed by atoms with Crippen LogP contribution in [0.5, 0.6) is 0 Å². The van der Waals surface area contributed by atoms with E-state index in [1.807, 2.05) is 7.05 Å². The number of aliphatic imine (C=N–C) groups is 1. The van der Waals surface area contributed by atoms with Crippen molar-refractivity contribution in [2.45, 2.75) is 50.4 Å². The largest absolute Gasteiger partial charge is 0.376 e. The Morgan fingerprint density at radius 2 is 1.89 bits per heavy atom. The van der Waals surface area contributed by atoms with E-state index in [4.69, 9.17) is 9.47 Å². The minimum absolute atomic E-state index is 0.322. The standard InChI is InChI=1S/C20H37N5O2/c1-21-20(22-14-17-15-23-9-11-24(17)12-10-23)25-7-5-18(6-8-25)27-16-19-4-2-3-13-26-19/h17-19H,2-16H2,1H3,(H,21,22). The van der Waals surface area contributed by atoms with E-state index in [1.54, 1.807) is 0 Å². The first kappa shape index (κ1) is 19.4. The summed E-state index contributed by atoms with van der Waals surface area (Å²) in [6.07, 6.45) is 6.50. The zero-order valence-corrected chi connectivity index (χ0v) is 16.9. The first-order chi connectivity index (χ1) is 13.3. The molecule has 0 spiro atoms. The molecular weight excluding hydrogens is 342 g/mol. The molecule has 5 heterocycles. The van der Waals surface area contributed by atoms with Crippen LogP contribution in [-0.4, -0.2) is 112 Å². The highest BCUT2D eigenvalue weighted by atomic mass is 16.5. The maximum absolute atomic E-state index is 6.15. The normalized spacial score (nSPS) is 35.4. The molecule has 5 rings (SSSR count). The van der Waals surface area contributed by atoms with Gasteiger partial charge in [-0.2, -0.15) is 0 Å². The van der Waals surface area contributed by atoms with Crippen LogP contribution < -0.4 is 5.32 Å². The first-order valence-electron chi connectivity index (χ1n) is 11.0. The molecule has 5 fully saturated rings. The smallest absolute Gasteiger partial charge is 0.193 e. The fourth-order valence-electron chi connectivity index (χ4n) is 4.88. The Bertz CT molecular complexity index is 481. The van der Waals surface area contributed by atoms with Crippen LogP contribution in [-0.2, 0) is 9.47 Å². The number of fused-ring (bicyclic) bond motifs is 3. The Morgan fingerprint density at radius 3 is 2.52 bits per heavy atom. The topological polar surface area (TPSA) is 52.6 Å². The van der Waals surface area contributed by atoms with E-state index in [0.29, 0.717) is 18.2 Å². The van der Waals surface area contributed by atoms with Crippen molar-refractivity contribution in [3.8, 4) is 0 Å². The van der Waals surface area contributed by atoms with Gasteiger partial charge >= 0.3 is 0 Å². The monoisotopic (exact) mass is 379 g/mol. The molecule has 154 valence electrons. The van der Waals surface area contributed by atoms with Gasteiger partial charge in [-0.15, -0.1) is 0 Å². The first-order valence-corrected chi connectivity index (χ1v) is 11.0. The molecule has 7 nitrogen and oxygen atoms in total. The van der Waals surface area contributed by atoms with Crippen molar-refractivity contribution < 1.29 is 9.47 Å². The molecule has 5 aliphatic rings. The summed E-state index contributed by atoms with van der Waals surface area (Å²) >= 11 is 0. The number of hydrogen-bond donors (Lipinski definition) is 1. The molecule has 2 bridgehead atoms. The molecule has 1 N–H and O–H groups in total. The number of hydrogen-bond acceptors (Lipinski definition) is 5. The van der Waals surface area contributed by atoms with Crippen LogP contribution in [0.1, 0.15) is 32.1 Å². The molecule has 2 unspecified atom stereocenters. The fourth-order valence-corrected chi connectivity index (χ4v) is 4.88. The number of guanidine groups is 1. The van der Waals surface area contributed by atoms with E-state index in [0.717, 1.165) is 58.1 Å². The van der Waals surface area contributed by atoms with Crippen molar-refractivity contribution in [1.82, 2.24) is 20.0 Å². The Kier molecular flexibility index (Phi) is 6.87. The number of piperidine rings is 1. The third kappa shape index (κ3) is 5.13. The third-order valence-electron chi connectivity index (χ3n) is 6.63. The van der Waals surface area contributed by atoms with Crippen molar-refractivity contribution in [2.24, 2.45) is 4.99 Å². The van der Waals surface area contributed by atoms with E-state index in [-0.39, 0.29) is 0 Å². The van der Waals surface area contributed by atoms with Crippen LogP contribution in [0.3, 0.4) is 0 Å². The second-order valence-corrected chi connectivity index (χ2v) is 8.43. The lowest BCUT2D eigenvalue weighted by molar-refractivity contribution is -0.0721. The molecule has 5 saturated heterocycles. The lowest BCUT2D eigenvalue weighted by atomic mass is 10.1. The highest BCUT2D eigenvalue weighted by Crippen LogP contribution is 2.18. The fraction of sp³-hybridized carbons (Fsp3) is 0.950. The zero-order valence-electron chi connectivity index (χ0n) is 16.9. The predicted molar refractivity (Wildman–Crippen MR) is 107 cm³/mol. The van der Waals surface area contributed by atoms with Crippen molar-refractivity contribution in [1.29, 1.82) is 0 Å². The van der Waals surface area contributed by atoms with Gasteiger partial charge in [0.2, 0.25) is 0 Å². The average molecular weight is 380 g/mol. The Morgan fingerprint density at radius 1 is 1.07 bits per heavy atom. The Labute approximate surface area is 164 Å². The summed E-state index contributed by atoms with van der Waals surface area (Å²) in [5, 5.41) is 3.64. The van der Waals surface area contributed by atoms with Gasteiger partial charge in [0, 0.05) is 72.1 Å². The van der Waals surface area contributed by atoms with Gasteiger partial charge in [-0.3, -0.25) is 14.8 Å². The second-order valence-electron chi connectivity index (χ2n) is 8.43. The summed E-state index contributed by atoms with van der Waals surface area (Å²) in [6.45, 7) is 10.8. The summed E-state index contributed by atoms with van der Waals surface area (Å²) in [4.78, 5) is 12.2. The van der Waals surface area contributed by atoms with Gasteiger partial charge in [-0.1, -0.05) is 0 Å². The molecule has 0 amide bonds. The molecule has 7 heteroatoms. The van der Waals surface area contributed by atoms with Crippen molar-refractivity contribution in [3.05, 3.63) is 0 Å². The van der Waals surface area contributed by atoms with E-state index < -0.39 is 0 Å². The predicted octanol–water partition coefficient (Wildman–Crippen LogP) is 0.612. The van der Waals surface area contributed by atoms with Crippen LogP contribution in [0, 0.1) is 0 Å². The maximum Gasteiger partial charge on any atom is 0.193 e. The summed E-state index contributed by atoms with van der Waals surface area (Å²) in [5.41, 5.74) is 0. The van der Waals surface area contributed by atoms with Gasteiger partial charge in [-0.05, 0) is 32.1 Å². The molecule has 5 aliphatic heterocycles. The van der Waals surface area contributed by atoms with Crippen molar-refractivity contribution in [2.75, 3.05) is 72.6 Å². The maximum atomic E-state index is 6.15. The molecule has 27 heavy (non-hydrogen) atoms. The third-order valence-corrected chi connectivity index (χ3v) is 6.63. The quantitative estimate of drug-likeness (QED) is 0.558. The number of ether oxygens (including phenoxy) is 2. The zero-order chi connectivity index (χ0) is 18.5. The summed E-state index contributed by atoms with van der Waals surface area (Å²) in [7, 11) is 1.90. The lowest BCUT2D eigenvalue weighted by Gasteiger charge is -2.47. The van der Waals surface area contributed by atoms with E-state index in [2.05, 4.69) is 25.0 Å². The van der Waals surface area contributed by atoms with Crippen molar-refractivity contribution >= 4 is 5.96 Å². The van der Waals surface area contributed by atoms with Gasteiger partial charge in [0.15, 0.2) is 5.96 Å². The molecular formula is C20H37N5O2. The number of rotatable bonds is 5. The molecule has 0 saturated carbocycles. The summed E-state index contributed by atoms with van der Waals surface area (Å²) < 4.78 is 11.9. The Balaban J connectivity index is 1.16. The van der Waals surface area contributed by atoms with Crippen LogP contribution in [0.2, 0.25) is 0 Å². The summed E-state index contributed by atoms with van der Waals surface area (Å²) in [5.74, 6) is 1.06. The van der Waals surface area contributed by atoms with Gasteiger partial charge in [0.25, 0.3) is 0 Å². The van der Waals surface area contributed by atoms with E-state index in [9.17, 15) is 0 Å². The van der Waals surface area contributed by atoms with Crippen LogP contribution in [0.25, 0.3) is 0 Å². The SMILES string of the molecule is CN=C(NCC1CN2CCN1CC2)N1CCC(OCC2CCCCO2)CC1. The van der Waals surface area contributed by atoms with E-state index in [1.165, 1.54) is 45.6 Å². The van der Waals surface area contributed by atoms with Gasteiger partial charge < -0.3 is 19.7 Å². The van der Waals surface area contributed by atoms with Gasteiger partial charge in [0.05, 0.1) is 18.8 Å². The molecule has 2 atom stereocenters.